The maximum Gasteiger partial charge on any atom is 0.338 e. The molecule has 24 heavy (non-hydrogen) atoms. The first kappa shape index (κ1) is 19.1. The Bertz CT molecular complexity index is 680. The number of esters is 1. The molecular weight excluding hydrogens is 308 g/mol. The van der Waals surface area contributed by atoms with E-state index in [1.165, 1.54) is 6.92 Å². The first-order valence-electron chi connectivity index (χ1n) is 7.28. The van der Waals surface area contributed by atoms with Crippen LogP contribution in [0.25, 0.3) is 11.1 Å². The Labute approximate surface area is 140 Å². The van der Waals surface area contributed by atoms with Gasteiger partial charge >= 0.3 is 11.9 Å². The van der Waals surface area contributed by atoms with Gasteiger partial charge in [0.15, 0.2) is 0 Å². The highest BCUT2D eigenvalue weighted by atomic mass is 16.5. The minimum absolute atomic E-state index is 0.0158. The molecule has 0 atom stereocenters. The van der Waals surface area contributed by atoms with E-state index in [1.54, 1.807) is 12.1 Å². The van der Waals surface area contributed by atoms with Crippen molar-refractivity contribution < 1.29 is 24.5 Å². The van der Waals surface area contributed by atoms with Gasteiger partial charge in [0.05, 0.1) is 12.2 Å². The fourth-order valence-electron chi connectivity index (χ4n) is 1.75. The number of hydrogen-bond acceptors (Lipinski definition) is 4. The van der Waals surface area contributed by atoms with Crippen molar-refractivity contribution in [2.24, 2.45) is 0 Å². The minimum Gasteiger partial charge on any atom is -0.478 e. The van der Waals surface area contributed by atoms with Crippen molar-refractivity contribution in [2.75, 3.05) is 13.2 Å². The third kappa shape index (κ3) is 6.06. The average Bonchev–Trinajstić information content (AvgIpc) is 2.61. The zero-order valence-electron chi connectivity index (χ0n) is 13.4. The minimum atomic E-state index is -0.935. The van der Waals surface area contributed by atoms with E-state index in [0.29, 0.717) is 5.56 Å². The molecule has 0 unspecified atom stereocenters. The Morgan fingerprint density at radius 3 is 2.12 bits per heavy atom. The van der Waals surface area contributed by atoms with Crippen LogP contribution in [-0.4, -0.2) is 35.4 Å². The zero-order valence-corrected chi connectivity index (χ0v) is 13.4. The van der Waals surface area contributed by atoms with Crippen LogP contribution >= 0.6 is 0 Å². The Morgan fingerprint density at radius 1 is 1.04 bits per heavy atom. The van der Waals surface area contributed by atoms with Crippen LogP contribution in [0, 0.1) is 0 Å². The van der Waals surface area contributed by atoms with Crippen LogP contribution in [0.3, 0.4) is 0 Å². The van der Waals surface area contributed by atoms with Gasteiger partial charge < -0.3 is 14.9 Å². The summed E-state index contributed by atoms with van der Waals surface area (Å²) in [6.07, 6.45) is 0. The van der Waals surface area contributed by atoms with Gasteiger partial charge in [-0.2, -0.15) is 0 Å². The summed E-state index contributed by atoms with van der Waals surface area (Å²) in [5, 5.41) is 16.6. The Balaban J connectivity index is 0.000000413. The van der Waals surface area contributed by atoms with Crippen molar-refractivity contribution in [1.82, 2.24) is 0 Å². The van der Waals surface area contributed by atoms with Gasteiger partial charge in [-0.25, -0.2) is 9.59 Å². The Morgan fingerprint density at radius 2 is 1.58 bits per heavy atom. The molecule has 0 bridgehead atoms. The van der Waals surface area contributed by atoms with Gasteiger partial charge in [0.2, 0.25) is 0 Å². The van der Waals surface area contributed by atoms with Crippen molar-refractivity contribution in [3.05, 3.63) is 72.3 Å². The Hall–Kier alpha value is -2.92. The van der Waals surface area contributed by atoms with Crippen LogP contribution in [0.4, 0.5) is 0 Å². The summed E-state index contributed by atoms with van der Waals surface area (Å²) in [6.45, 7) is 4.45. The molecule has 126 valence electrons. The Kier molecular flexibility index (Phi) is 7.94. The van der Waals surface area contributed by atoms with Crippen LogP contribution in [-0.2, 0) is 9.53 Å². The van der Waals surface area contributed by atoms with E-state index in [2.05, 4.69) is 6.58 Å². The van der Waals surface area contributed by atoms with Crippen LogP contribution in [0.1, 0.15) is 17.3 Å². The van der Waals surface area contributed by atoms with Gasteiger partial charge in [0, 0.05) is 5.57 Å². The van der Waals surface area contributed by atoms with E-state index in [0.717, 1.165) is 11.1 Å². The number of carboxylic acids is 1. The molecule has 0 saturated carbocycles. The molecule has 0 radical (unpaired) electrons. The standard InChI is InChI=1S/C15H14O3.C4H6O2/c16-10-11-18-15(17)14-9-5-4-8-13(14)12-6-2-1-3-7-12;1-3(2)4(5)6/h1-9,16H,10-11H2;1H2,2H3,(H,5,6). The number of carbonyl (C=O) groups excluding carboxylic acids is 1. The lowest BCUT2D eigenvalue weighted by Crippen LogP contribution is -2.09. The fourth-order valence-corrected chi connectivity index (χ4v) is 1.75. The number of aliphatic hydroxyl groups is 1. The second-order valence-corrected chi connectivity index (χ2v) is 4.86. The van der Waals surface area contributed by atoms with Crippen LogP contribution in [0.15, 0.2) is 66.7 Å². The van der Waals surface area contributed by atoms with Crippen LogP contribution in [0.5, 0.6) is 0 Å². The number of carboxylic acid groups (broad SMARTS) is 1. The molecule has 0 amide bonds. The van der Waals surface area contributed by atoms with Crippen molar-refractivity contribution in [3.63, 3.8) is 0 Å². The molecule has 5 heteroatoms. The van der Waals surface area contributed by atoms with Crippen molar-refractivity contribution in [3.8, 4) is 11.1 Å². The normalized spacial score (nSPS) is 9.42. The molecule has 2 aromatic carbocycles. The quantitative estimate of drug-likeness (QED) is 0.651. The summed E-state index contributed by atoms with van der Waals surface area (Å²) in [5.41, 5.74) is 2.49. The highest BCUT2D eigenvalue weighted by Crippen LogP contribution is 2.23. The molecule has 0 fully saturated rings. The number of aliphatic carboxylic acids is 1. The molecule has 0 aliphatic heterocycles. The molecule has 0 aromatic heterocycles. The van der Waals surface area contributed by atoms with Gasteiger partial charge in [-0.15, -0.1) is 0 Å². The van der Waals surface area contributed by atoms with Gasteiger partial charge in [-0.3, -0.25) is 0 Å². The zero-order chi connectivity index (χ0) is 17.9. The second-order valence-electron chi connectivity index (χ2n) is 4.86. The molecule has 5 nitrogen and oxygen atoms in total. The van der Waals surface area contributed by atoms with Gasteiger partial charge in [-0.1, -0.05) is 55.1 Å². The summed E-state index contributed by atoms with van der Waals surface area (Å²) >= 11 is 0. The highest BCUT2D eigenvalue weighted by molar-refractivity contribution is 5.97. The van der Waals surface area contributed by atoms with E-state index in [4.69, 9.17) is 14.9 Å². The van der Waals surface area contributed by atoms with Gasteiger partial charge in [0.25, 0.3) is 0 Å². The monoisotopic (exact) mass is 328 g/mol. The second kappa shape index (κ2) is 9.97. The first-order valence-corrected chi connectivity index (χ1v) is 7.28. The molecule has 0 heterocycles. The molecule has 2 aromatic rings. The van der Waals surface area contributed by atoms with Gasteiger partial charge in [0.1, 0.15) is 6.61 Å². The number of hydrogen-bond donors (Lipinski definition) is 2. The summed E-state index contributed by atoms with van der Waals surface area (Å²) in [5.74, 6) is -1.35. The number of carbonyl (C=O) groups is 2. The molecule has 0 spiro atoms. The molecule has 0 aliphatic carbocycles. The maximum atomic E-state index is 11.9. The lowest BCUT2D eigenvalue weighted by atomic mass is 10.00. The van der Waals surface area contributed by atoms with Gasteiger partial charge in [-0.05, 0) is 24.1 Å². The highest BCUT2D eigenvalue weighted by Gasteiger charge is 2.12. The van der Waals surface area contributed by atoms with Crippen molar-refractivity contribution in [1.29, 1.82) is 0 Å². The number of aliphatic hydroxyl groups excluding tert-OH is 1. The SMILES string of the molecule is C=C(C)C(=O)O.O=C(OCCO)c1ccccc1-c1ccccc1. The maximum absolute atomic E-state index is 11.9. The van der Waals surface area contributed by atoms with E-state index in [9.17, 15) is 9.59 Å². The molecule has 2 N–H and O–H groups in total. The van der Waals surface area contributed by atoms with E-state index in [1.807, 2.05) is 42.5 Å². The third-order valence-electron chi connectivity index (χ3n) is 2.92. The van der Waals surface area contributed by atoms with Crippen LogP contribution < -0.4 is 0 Å². The van der Waals surface area contributed by atoms with Crippen molar-refractivity contribution in [2.45, 2.75) is 6.92 Å². The lowest BCUT2D eigenvalue weighted by Gasteiger charge is -2.09. The van der Waals surface area contributed by atoms with E-state index >= 15 is 0 Å². The molecule has 0 aliphatic rings. The molecular formula is C19H20O5. The predicted molar refractivity (Wildman–Crippen MR) is 91.7 cm³/mol. The van der Waals surface area contributed by atoms with Crippen LogP contribution in [0.2, 0.25) is 0 Å². The molecule has 2 rings (SSSR count). The third-order valence-corrected chi connectivity index (χ3v) is 2.92. The number of rotatable bonds is 5. The average molecular weight is 328 g/mol. The summed E-state index contributed by atoms with van der Waals surface area (Å²) in [7, 11) is 0. The number of benzene rings is 2. The summed E-state index contributed by atoms with van der Waals surface area (Å²) in [4.78, 5) is 21.5. The smallest absolute Gasteiger partial charge is 0.338 e. The first-order chi connectivity index (χ1) is 11.5. The fraction of sp³-hybridized carbons (Fsp3) is 0.158. The van der Waals surface area contributed by atoms with E-state index < -0.39 is 11.9 Å². The summed E-state index contributed by atoms with van der Waals surface area (Å²) in [6, 6.07) is 16.9. The van der Waals surface area contributed by atoms with Crippen molar-refractivity contribution >= 4 is 11.9 Å². The lowest BCUT2D eigenvalue weighted by molar-refractivity contribution is -0.132. The van der Waals surface area contributed by atoms with E-state index in [-0.39, 0.29) is 18.8 Å². The molecule has 0 saturated heterocycles. The topological polar surface area (TPSA) is 83.8 Å². The predicted octanol–water partition coefficient (Wildman–Crippen LogP) is 3.15. The summed E-state index contributed by atoms with van der Waals surface area (Å²) < 4.78 is 4.95. The number of ether oxygens (including phenoxy) is 1. The largest absolute Gasteiger partial charge is 0.478 e.